The molecule has 2 rings (SSSR count). The molecule has 0 aliphatic heterocycles. The standard InChI is InChI=1S/C20H26N2O3S/c1-4-25-17(14(2)3)10-11-21-19(23)15-7-5-8-16(13-15)22-20(24)18-9-6-12-26-18/h5-9,12-14,17H,4,10-11H2,1-3H3,(H,21,23)(H,22,24). The number of benzene rings is 1. The fourth-order valence-corrected chi connectivity index (χ4v) is 3.21. The number of rotatable bonds is 9. The van der Waals surface area contributed by atoms with E-state index in [1.165, 1.54) is 11.3 Å². The van der Waals surface area contributed by atoms with Gasteiger partial charge in [0.1, 0.15) is 0 Å². The molecule has 0 bridgehead atoms. The molecular formula is C20H26N2O3S. The molecule has 140 valence electrons. The minimum absolute atomic E-state index is 0.136. The van der Waals surface area contributed by atoms with Gasteiger partial charge in [-0.3, -0.25) is 9.59 Å². The van der Waals surface area contributed by atoms with Crippen molar-refractivity contribution < 1.29 is 14.3 Å². The molecule has 0 fully saturated rings. The van der Waals surface area contributed by atoms with Gasteiger partial charge in [-0.25, -0.2) is 0 Å². The number of hydrogen-bond acceptors (Lipinski definition) is 4. The van der Waals surface area contributed by atoms with Crippen LogP contribution in [0.25, 0.3) is 0 Å². The third-order valence-corrected chi connectivity index (χ3v) is 4.83. The van der Waals surface area contributed by atoms with Crippen LogP contribution in [0.15, 0.2) is 41.8 Å². The lowest BCUT2D eigenvalue weighted by Gasteiger charge is -2.20. The van der Waals surface area contributed by atoms with E-state index >= 15 is 0 Å². The monoisotopic (exact) mass is 374 g/mol. The van der Waals surface area contributed by atoms with Crippen molar-refractivity contribution in [3.63, 3.8) is 0 Å². The van der Waals surface area contributed by atoms with Crippen molar-refractivity contribution in [2.24, 2.45) is 5.92 Å². The maximum atomic E-state index is 12.4. The summed E-state index contributed by atoms with van der Waals surface area (Å²) in [7, 11) is 0. The van der Waals surface area contributed by atoms with Crippen LogP contribution < -0.4 is 10.6 Å². The van der Waals surface area contributed by atoms with Gasteiger partial charge in [0.05, 0.1) is 11.0 Å². The largest absolute Gasteiger partial charge is 0.378 e. The molecule has 5 nitrogen and oxygen atoms in total. The zero-order valence-electron chi connectivity index (χ0n) is 15.5. The lowest BCUT2D eigenvalue weighted by atomic mass is 10.0. The van der Waals surface area contributed by atoms with Crippen molar-refractivity contribution >= 4 is 28.8 Å². The van der Waals surface area contributed by atoms with Gasteiger partial charge >= 0.3 is 0 Å². The normalized spacial score (nSPS) is 12.0. The van der Waals surface area contributed by atoms with Crippen LogP contribution in [-0.2, 0) is 4.74 Å². The van der Waals surface area contributed by atoms with E-state index in [1.54, 1.807) is 30.3 Å². The first kappa shape index (κ1) is 20.1. The van der Waals surface area contributed by atoms with Crippen LogP contribution in [0.1, 0.15) is 47.2 Å². The van der Waals surface area contributed by atoms with Crippen molar-refractivity contribution in [3.8, 4) is 0 Å². The maximum absolute atomic E-state index is 12.4. The van der Waals surface area contributed by atoms with Gasteiger partial charge in [0.2, 0.25) is 0 Å². The Balaban J connectivity index is 1.90. The number of thiophene rings is 1. The summed E-state index contributed by atoms with van der Waals surface area (Å²) in [5.74, 6) is 0.0768. The Hall–Kier alpha value is -2.18. The third-order valence-electron chi connectivity index (χ3n) is 3.97. The molecule has 2 aromatic rings. The Morgan fingerprint density at radius 3 is 2.62 bits per heavy atom. The fraction of sp³-hybridized carbons (Fsp3) is 0.400. The molecule has 1 heterocycles. The van der Waals surface area contributed by atoms with Gasteiger partial charge in [-0.05, 0) is 48.9 Å². The van der Waals surface area contributed by atoms with E-state index in [0.29, 0.717) is 35.2 Å². The molecule has 6 heteroatoms. The molecule has 0 saturated carbocycles. The van der Waals surface area contributed by atoms with Crippen LogP contribution in [0, 0.1) is 5.92 Å². The molecule has 0 saturated heterocycles. The summed E-state index contributed by atoms with van der Waals surface area (Å²) < 4.78 is 5.69. The average molecular weight is 375 g/mol. The fourth-order valence-electron chi connectivity index (χ4n) is 2.59. The van der Waals surface area contributed by atoms with E-state index in [2.05, 4.69) is 24.5 Å². The molecule has 1 aromatic carbocycles. The molecule has 1 unspecified atom stereocenters. The minimum Gasteiger partial charge on any atom is -0.378 e. The smallest absolute Gasteiger partial charge is 0.265 e. The predicted octanol–water partition coefficient (Wildman–Crippen LogP) is 4.18. The summed E-state index contributed by atoms with van der Waals surface area (Å²) in [4.78, 5) is 25.1. The SMILES string of the molecule is CCOC(CCNC(=O)c1cccc(NC(=O)c2cccs2)c1)C(C)C. The highest BCUT2D eigenvalue weighted by Gasteiger charge is 2.14. The van der Waals surface area contributed by atoms with Crippen LogP contribution in [0.5, 0.6) is 0 Å². The zero-order valence-corrected chi connectivity index (χ0v) is 16.3. The van der Waals surface area contributed by atoms with Crippen molar-refractivity contribution in [2.75, 3.05) is 18.5 Å². The van der Waals surface area contributed by atoms with E-state index in [0.717, 1.165) is 6.42 Å². The molecule has 2 amide bonds. The average Bonchev–Trinajstić information content (AvgIpc) is 3.15. The molecule has 0 spiro atoms. The molecule has 1 atom stereocenters. The van der Waals surface area contributed by atoms with Crippen LogP contribution in [0.4, 0.5) is 5.69 Å². The van der Waals surface area contributed by atoms with Crippen LogP contribution in [0.2, 0.25) is 0 Å². The first-order valence-electron chi connectivity index (χ1n) is 8.86. The van der Waals surface area contributed by atoms with Gasteiger partial charge in [0, 0.05) is 24.4 Å². The van der Waals surface area contributed by atoms with Gasteiger partial charge in [0.25, 0.3) is 11.8 Å². The second kappa shape index (κ2) is 10.1. The molecule has 0 radical (unpaired) electrons. The van der Waals surface area contributed by atoms with Crippen molar-refractivity contribution in [3.05, 3.63) is 52.2 Å². The minimum atomic E-state index is -0.172. The molecule has 2 N–H and O–H groups in total. The Morgan fingerprint density at radius 1 is 1.15 bits per heavy atom. The van der Waals surface area contributed by atoms with Crippen LogP contribution in [0.3, 0.4) is 0 Å². The Morgan fingerprint density at radius 2 is 1.96 bits per heavy atom. The topological polar surface area (TPSA) is 67.4 Å². The summed E-state index contributed by atoms with van der Waals surface area (Å²) in [6.45, 7) is 7.42. The molecule has 1 aromatic heterocycles. The Labute approximate surface area is 158 Å². The van der Waals surface area contributed by atoms with Gasteiger partial charge in [-0.15, -0.1) is 11.3 Å². The number of anilines is 1. The second-order valence-electron chi connectivity index (χ2n) is 6.29. The van der Waals surface area contributed by atoms with Crippen LogP contribution >= 0.6 is 11.3 Å². The van der Waals surface area contributed by atoms with Gasteiger partial charge in [-0.1, -0.05) is 26.0 Å². The summed E-state index contributed by atoms with van der Waals surface area (Å²) in [5, 5.41) is 7.59. The van der Waals surface area contributed by atoms with E-state index in [1.807, 2.05) is 18.4 Å². The number of carbonyl (C=O) groups is 2. The molecule has 26 heavy (non-hydrogen) atoms. The predicted molar refractivity (Wildman–Crippen MR) is 106 cm³/mol. The number of carbonyl (C=O) groups excluding carboxylic acids is 2. The summed E-state index contributed by atoms with van der Waals surface area (Å²) in [5.41, 5.74) is 1.12. The van der Waals surface area contributed by atoms with Gasteiger partial charge in [0.15, 0.2) is 0 Å². The first-order chi connectivity index (χ1) is 12.5. The Bertz CT molecular complexity index is 714. The lowest BCUT2D eigenvalue weighted by molar-refractivity contribution is 0.0251. The zero-order chi connectivity index (χ0) is 18.9. The highest BCUT2D eigenvalue weighted by atomic mass is 32.1. The summed E-state index contributed by atoms with van der Waals surface area (Å²) >= 11 is 1.38. The van der Waals surface area contributed by atoms with Gasteiger partial charge < -0.3 is 15.4 Å². The van der Waals surface area contributed by atoms with Crippen LogP contribution in [-0.4, -0.2) is 31.1 Å². The van der Waals surface area contributed by atoms with E-state index in [9.17, 15) is 9.59 Å². The quantitative estimate of drug-likeness (QED) is 0.692. The van der Waals surface area contributed by atoms with Crippen molar-refractivity contribution in [1.29, 1.82) is 0 Å². The lowest BCUT2D eigenvalue weighted by Crippen LogP contribution is -2.30. The highest BCUT2D eigenvalue weighted by Crippen LogP contribution is 2.15. The summed E-state index contributed by atoms with van der Waals surface area (Å²) in [6.07, 6.45) is 0.906. The molecule has 0 aliphatic rings. The summed E-state index contributed by atoms with van der Waals surface area (Å²) in [6, 6.07) is 10.5. The molecule has 0 aliphatic carbocycles. The third kappa shape index (κ3) is 5.97. The maximum Gasteiger partial charge on any atom is 0.265 e. The van der Waals surface area contributed by atoms with Crippen molar-refractivity contribution in [1.82, 2.24) is 5.32 Å². The van der Waals surface area contributed by atoms with E-state index in [4.69, 9.17) is 4.74 Å². The highest BCUT2D eigenvalue weighted by molar-refractivity contribution is 7.12. The van der Waals surface area contributed by atoms with Crippen molar-refractivity contribution in [2.45, 2.75) is 33.3 Å². The Kier molecular flexibility index (Phi) is 7.81. The number of hydrogen-bond donors (Lipinski definition) is 2. The number of amides is 2. The molecular weight excluding hydrogens is 348 g/mol. The van der Waals surface area contributed by atoms with E-state index < -0.39 is 0 Å². The first-order valence-corrected chi connectivity index (χ1v) is 9.74. The number of nitrogens with one attached hydrogen (secondary N) is 2. The second-order valence-corrected chi connectivity index (χ2v) is 7.24. The van der Waals surface area contributed by atoms with Gasteiger partial charge in [-0.2, -0.15) is 0 Å². The van der Waals surface area contributed by atoms with E-state index in [-0.39, 0.29) is 17.9 Å². The number of ether oxygens (including phenoxy) is 1.